The van der Waals surface area contributed by atoms with Gasteiger partial charge < -0.3 is 4.90 Å². The van der Waals surface area contributed by atoms with E-state index in [2.05, 4.69) is 28.7 Å². The van der Waals surface area contributed by atoms with E-state index in [0.717, 1.165) is 24.4 Å². The van der Waals surface area contributed by atoms with E-state index in [1.54, 1.807) is 12.4 Å². The predicted molar refractivity (Wildman–Crippen MR) is 64.4 cm³/mol. The molecule has 1 rings (SSSR count). The number of hydrogen-bond donors (Lipinski definition) is 0. The molecule has 0 bridgehead atoms. The lowest BCUT2D eigenvalue weighted by Crippen LogP contribution is -2.31. The molecular weight excluding hydrogens is 210 g/mol. The van der Waals surface area contributed by atoms with Gasteiger partial charge in [-0.25, -0.2) is 9.97 Å². The topological polar surface area (TPSA) is 29.0 Å². The smallest absolute Gasteiger partial charge is 0.225 e. The Hall–Kier alpha value is -0.830. The van der Waals surface area contributed by atoms with E-state index >= 15 is 0 Å². The van der Waals surface area contributed by atoms with Crippen molar-refractivity contribution in [3.63, 3.8) is 0 Å². The molecule has 84 valence electrons. The third-order valence-electron chi connectivity index (χ3n) is 2.65. The van der Waals surface area contributed by atoms with Crippen LogP contribution in [0.4, 0.5) is 5.95 Å². The van der Waals surface area contributed by atoms with Gasteiger partial charge in [0.1, 0.15) is 0 Å². The van der Waals surface area contributed by atoms with E-state index < -0.39 is 0 Å². The number of halogens is 1. The Kier molecular flexibility index (Phi) is 4.82. The molecule has 0 aliphatic rings. The number of anilines is 1. The number of rotatable bonds is 5. The average molecular weight is 228 g/mol. The van der Waals surface area contributed by atoms with Gasteiger partial charge in [0.25, 0.3) is 0 Å². The maximum atomic E-state index is 5.68. The molecule has 1 aromatic heterocycles. The fourth-order valence-corrected chi connectivity index (χ4v) is 1.74. The summed E-state index contributed by atoms with van der Waals surface area (Å²) in [5.74, 6) is 1.24. The lowest BCUT2D eigenvalue weighted by Gasteiger charge is -2.26. The Morgan fingerprint density at radius 2 is 1.80 bits per heavy atom. The Labute approximate surface area is 96.5 Å². The third-order valence-corrected chi connectivity index (χ3v) is 2.96. The summed E-state index contributed by atoms with van der Waals surface area (Å²) >= 11 is 5.68. The van der Waals surface area contributed by atoms with Gasteiger partial charge in [0, 0.05) is 31.0 Å². The summed E-state index contributed by atoms with van der Waals surface area (Å²) in [4.78, 5) is 10.7. The zero-order chi connectivity index (χ0) is 11.3. The van der Waals surface area contributed by atoms with E-state index in [-0.39, 0.29) is 0 Å². The molecule has 0 unspecified atom stereocenters. The van der Waals surface area contributed by atoms with E-state index in [9.17, 15) is 0 Å². The van der Waals surface area contributed by atoms with Gasteiger partial charge in [0.15, 0.2) is 0 Å². The first-order chi connectivity index (χ1) is 7.22. The van der Waals surface area contributed by atoms with Crippen molar-refractivity contribution in [2.24, 2.45) is 0 Å². The quantitative estimate of drug-likeness (QED) is 0.725. The Morgan fingerprint density at radius 3 is 2.20 bits per heavy atom. The standard InChI is InChI=1S/C11H18ClN3/c1-4-10(5-2)15(3)11-13-7-9(6-12)8-14-11/h7-8,10H,4-6H2,1-3H3. The summed E-state index contributed by atoms with van der Waals surface area (Å²) < 4.78 is 0. The molecule has 0 fully saturated rings. The summed E-state index contributed by atoms with van der Waals surface area (Å²) in [7, 11) is 2.04. The summed E-state index contributed by atoms with van der Waals surface area (Å²) in [6.45, 7) is 4.36. The summed E-state index contributed by atoms with van der Waals surface area (Å²) in [5, 5.41) is 0. The SMILES string of the molecule is CCC(CC)N(C)c1ncc(CCl)cn1. The van der Waals surface area contributed by atoms with Crippen LogP contribution in [-0.4, -0.2) is 23.1 Å². The number of aromatic nitrogens is 2. The number of hydrogen-bond acceptors (Lipinski definition) is 3. The van der Waals surface area contributed by atoms with Crippen molar-refractivity contribution >= 4 is 17.5 Å². The number of nitrogens with zero attached hydrogens (tertiary/aromatic N) is 3. The van der Waals surface area contributed by atoms with Crippen molar-refractivity contribution in [3.8, 4) is 0 Å². The van der Waals surface area contributed by atoms with E-state index in [4.69, 9.17) is 11.6 Å². The van der Waals surface area contributed by atoms with Crippen LogP contribution in [0.25, 0.3) is 0 Å². The molecule has 0 N–H and O–H groups in total. The Balaban J connectivity index is 2.76. The molecule has 3 nitrogen and oxygen atoms in total. The molecule has 0 spiro atoms. The van der Waals surface area contributed by atoms with Crippen LogP contribution in [0, 0.1) is 0 Å². The van der Waals surface area contributed by atoms with Crippen LogP contribution in [0.15, 0.2) is 12.4 Å². The zero-order valence-corrected chi connectivity index (χ0v) is 10.3. The monoisotopic (exact) mass is 227 g/mol. The van der Waals surface area contributed by atoms with E-state index in [1.165, 1.54) is 0 Å². The molecule has 0 saturated heterocycles. The summed E-state index contributed by atoms with van der Waals surface area (Å²) in [6.07, 6.45) is 5.78. The maximum absolute atomic E-state index is 5.68. The molecule has 0 aliphatic heterocycles. The van der Waals surface area contributed by atoms with Crippen molar-refractivity contribution in [3.05, 3.63) is 18.0 Å². The second-order valence-electron chi connectivity index (χ2n) is 3.61. The molecule has 0 aliphatic carbocycles. The Bertz CT molecular complexity index is 282. The van der Waals surface area contributed by atoms with Gasteiger partial charge in [-0.05, 0) is 12.8 Å². The highest BCUT2D eigenvalue weighted by atomic mass is 35.5. The van der Waals surface area contributed by atoms with Gasteiger partial charge >= 0.3 is 0 Å². The van der Waals surface area contributed by atoms with Crippen LogP contribution in [0.5, 0.6) is 0 Å². The molecule has 0 amide bonds. The molecule has 0 radical (unpaired) electrons. The predicted octanol–water partition coefficient (Wildman–Crippen LogP) is 2.84. The zero-order valence-electron chi connectivity index (χ0n) is 9.57. The van der Waals surface area contributed by atoms with Crippen LogP contribution < -0.4 is 4.90 Å². The first-order valence-corrected chi connectivity index (χ1v) is 5.86. The molecule has 1 heterocycles. The normalized spacial score (nSPS) is 10.7. The van der Waals surface area contributed by atoms with Crippen LogP contribution in [0.1, 0.15) is 32.3 Å². The van der Waals surface area contributed by atoms with Crippen molar-refractivity contribution in [1.82, 2.24) is 9.97 Å². The van der Waals surface area contributed by atoms with Gasteiger partial charge in [0.2, 0.25) is 5.95 Å². The van der Waals surface area contributed by atoms with Crippen molar-refractivity contribution in [2.45, 2.75) is 38.6 Å². The Morgan fingerprint density at radius 1 is 1.27 bits per heavy atom. The highest BCUT2D eigenvalue weighted by molar-refractivity contribution is 6.17. The van der Waals surface area contributed by atoms with Crippen LogP contribution >= 0.6 is 11.6 Å². The molecule has 4 heteroatoms. The molecule has 1 aromatic rings. The molecule has 0 aromatic carbocycles. The number of alkyl halides is 1. The summed E-state index contributed by atoms with van der Waals surface area (Å²) in [6, 6.07) is 0.506. The van der Waals surface area contributed by atoms with Gasteiger partial charge in [-0.1, -0.05) is 13.8 Å². The fraction of sp³-hybridized carbons (Fsp3) is 0.636. The first kappa shape index (κ1) is 12.2. The maximum Gasteiger partial charge on any atom is 0.225 e. The second kappa shape index (κ2) is 5.91. The largest absolute Gasteiger partial charge is 0.341 e. The van der Waals surface area contributed by atoms with Crippen molar-refractivity contribution in [1.29, 1.82) is 0 Å². The van der Waals surface area contributed by atoms with Crippen molar-refractivity contribution < 1.29 is 0 Å². The fourth-order valence-electron chi connectivity index (χ4n) is 1.60. The highest BCUT2D eigenvalue weighted by Gasteiger charge is 2.12. The van der Waals surface area contributed by atoms with Gasteiger partial charge in [-0.2, -0.15) is 0 Å². The lowest BCUT2D eigenvalue weighted by molar-refractivity contribution is 0.581. The third kappa shape index (κ3) is 3.06. The average Bonchev–Trinajstić information content (AvgIpc) is 2.30. The van der Waals surface area contributed by atoms with Gasteiger partial charge in [0.05, 0.1) is 5.88 Å². The molecular formula is C11H18ClN3. The van der Waals surface area contributed by atoms with Gasteiger partial charge in [-0.15, -0.1) is 11.6 Å². The van der Waals surface area contributed by atoms with Crippen molar-refractivity contribution in [2.75, 3.05) is 11.9 Å². The minimum Gasteiger partial charge on any atom is -0.341 e. The molecule has 15 heavy (non-hydrogen) atoms. The molecule has 0 saturated carbocycles. The van der Waals surface area contributed by atoms with Crippen LogP contribution in [0.3, 0.4) is 0 Å². The summed E-state index contributed by atoms with van der Waals surface area (Å²) in [5.41, 5.74) is 0.957. The van der Waals surface area contributed by atoms with E-state index in [1.807, 2.05) is 7.05 Å². The van der Waals surface area contributed by atoms with E-state index in [0.29, 0.717) is 11.9 Å². The molecule has 0 atom stereocenters. The van der Waals surface area contributed by atoms with Gasteiger partial charge in [-0.3, -0.25) is 0 Å². The van der Waals surface area contributed by atoms with Crippen LogP contribution in [0.2, 0.25) is 0 Å². The first-order valence-electron chi connectivity index (χ1n) is 5.32. The lowest BCUT2D eigenvalue weighted by atomic mass is 10.1. The highest BCUT2D eigenvalue weighted by Crippen LogP contribution is 2.13. The van der Waals surface area contributed by atoms with Crippen LogP contribution in [-0.2, 0) is 5.88 Å². The minimum atomic E-state index is 0.467. The minimum absolute atomic E-state index is 0.467. The second-order valence-corrected chi connectivity index (χ2v) is 3.87.